The van der Waals surface area contributed by atoms with Crippen LogP contribution < -0.4 is 0 Å². The van der Waals surface area contributed by atoms with E-state index in [1.54, 1.807) is 11.1 Å². The van der Waals surface area contributed by atoms with E-state index < -0.39 is 0 Å². The molecule has 0 saturated carbocycles. The number of nitrogens with one attached hydrogen (secondary N) is 1. The van der Waals surface area contributed by atoms with E-state index in [-0.39, 0.29) is 18.4 Å². The van der Waals surface area contributed by atoms with E-state index >= 15 is 0 Å². The van der Waals surface area contributed by atoms with Crippen molar-refractivity contribution in [3.63, 3.8) is 0 Å². The van der Waals surface area contributed by atoms with Crippen molar-refractivity contribution >= 4 is 11.8 Å². The summed E-state index contributed by atoms with van der Waals surface area (Å²) in [7, 11) is 0. The number of likely N-dealkylation sites (tertiary alicyclic amines) is 2. The standard InChI is InChI=1S/C14H20N4O2/c19-13-4-2-8-18(13)10-14(20)17-7-1-3-11(9-17)12-5-6-15-16-12/h5-6,11H,1-4,7-10H2,(H,15,16)/t11-/m1/s1. The Labute approximate surface area is 118 Å². The summed E-state index contributed by atoms with van der Waals surface area (Å²) in [6, 6.07) is 1.97. The first-order valence-corrected chi connectivity index (χ1v) is 7.29. The molecule has 3 rings (SSSR count). The van der Waals surface area contributed by atoms with Crippen LogP contribution in [-0.4, -0.2) is 58.0 Å². The van der Waals surface area contributed by atoms with Crippen LogP contribution in [0.1, 0.15) is 37.3 Å². The highest BCUT2D eigenvalue weighted by Crippen LogP contribution is 2.25. The van der Waals surface area contributed by atoms with Crippen LogP contribution in [-0.2, 0) is 9.59 Å². The molecule has 1 N–H and O–H groups in total. The minimum Gasteiger partial charge on any atom is -0.340 e. The lowest BCUT2D eigenvalue weighted by molar-refractivity contribution is -0.139. The molecule has 108 valence electrons. The first-order chi connectivity index (χ1) is 9.74. The molecule has 0 bridgehead atoms. The largest absolute Gasteiger partial charge is 0.340 e. The molecule has 2 aliphatic rings. The lowest BCUT2D eigenvalue weighted by Gasteiger charge is -2.33. The summed E-state index contributed by atoms with van der Waals surface area (Å²) in [6.07, 6.45) is 5.30. The number of hydrogen-bond acceptors (Lipinski definition) is 3. The third-order valence-corrected chi connectivity index (χ3v) is 4.23. The number of piperidine rings is 1. The van der Waals surface area contributed by atoms with E-state index in [2.05, 4.69) is 10.2 Å². The number of carbonyl (C=O) groups is 2. The van der Waals surface area contributed by atoms with Gasteiger partial charge < -0.3 is 9.80 Å². The van der Waals surface area contributed by atoms with Crippen molar-refractivity contribution in [3.05, 3.63) is 18.0 Å². The van der Waals surface area contributed by atoms with Gasteiger partial charge in [-0.25, -0.2) is 0 Å². The van der Waals surface area contributed by atoms with Crippen LogP contribution >= 0.6 is 0 Å². The minimum absolute atomic E-state index is 0.0736. The van der Waals surface area contributed by atoms with Gasteiger partial charge in [-0.05, 0) is 25.3 Å². The molecule has 1 aromatic rings. The number of hydrogen-bond donors (Lipinski definition) is 1. The zero-order valence-electron chi connectivity index (χ0n) is 11.5. The van der Waals surface area contributed by atoms with Crippen LogP contribution in [0.15, 0.2) is 12.3 Å². The fraction of sp³-hybridized carbons (Fsp3) is 0.643. The van der Waals surface area contributed by atoms with Crippen LogP contribution in [0.4, 0.5) is 0 Å². The highest BCUT2D eigenvalue weighted by atomic mass is 16.2. The maximum atomic E-state index is 12.3. The van der Waals surface area contributed by atoms with Crippen LogP contribution in [0, 0.1) is 0 Å². The zero-order chi connectivity index (χ0) is 13.9. The van der Waals surface area contributed by atoms with Gasteiger partial charge in [0.25, 0.3) is 0 Å². The van der Waals surface area contributed by atoms with E-state index in [0.717, 1.165) is 44.6 Å². The van der Waals surface area contributed by atoms with Crippen molar-refractivity contribution in [2.75, 3.05) is 26.2 Å². The highest BCUT2D eigenvalue weighted by Gasteiger charge is 2.28. The second kappa shape index (κ2) is 5.64. The molecule has 0 aliphatic carbocycles. The van der Waals surface area contributed by atoms with Crippen LogP contribution in [0.25, 0.3) is 0 Å². The van der Waals surface area contributed by atoms with Crippen molar-refractivity contribution in [3.8, 4) is 0 Å². The first kappa shape index (κ1) is 13.1. The molecule has 20 heavy (non-hydrogen) atoms. The second-order valence-electron chi connectivity index (χ2n) is 5.61. The predicted molar refractivity (Wildman–Crippen MR) is 73.0 cm³/mol. The van der Waals surface area contributed by atoms with E-state index in [1.165, 1.54) is 0 Å². The van der Waals surface area contributed by atoms with E-state index in [1.807, 2.05) is 11.0 Å². The third kappa shape index (κ3) is 2.69. The predicted octanol–water partition coefficient (Wildman–Crippen LogP) is 0.738. The molecule has 1 atom stereocenters. The number of carbonyl (C=O) groups excluding carboxylic acids is 2. The molecule has 2 amide bonds. The molecule has 0 radical (unpaired) electrons. The van der Waals surface area contributed by atoms with Crippen molar-refractivity contribution in [2.45, 2.75) is 31.6 Å². The maximum absolute atomic E-state index is 12.3. The Bertz CT molecular complexity index is 485. The summed E-state index contributed by atoms with van der Waals surface area (Å²) in [4.78, 5) is 27.5. The third-order valence-electron chi connectivity index (χ3n) is 4.23. The van der Waals surface area contributed by atoms with Gasteiger partial charge in [0.2, 0.25) is 11.8 Å². The van der Waals surface area contributed by atoms with Gasteiger partial charge in [0.15, 0.2) is 0 Å². The normalized spacial score (nSPS) is 23.4. The number of aromatic nitrogens is 2. The van der Waals surface area contributed by atoms with Crippen LogP contribution in [0.2, 0.25) is 0 Å². The molecule has 3 heterocycles. The fourth-order valence-corrected chi connectivity index (χ4v) is 3.09. The molecule has 2 aliphatic heterocycles. The van der Waals surface area contributed by atoms with Gasteiger partial charge in [0.05, 0.1) is 6.54 Å². The van der Waals surface area contributed by atoms with E-state index in [4.69, 9.17) is 0 Å². The maximum Gasteiger partial charge on any atom is 0.242 e. The summed E-state index contributed by atoms with van der Waals surface area (Å²) in [5.41, 5.74) is 1.10. The lowest BCUT2D eigenvalue weighted by atomic mass is 9.95. The average molecular weight is 276 g/mol. The molecule has 0 unspecified atom stereocenters. The average Bonchev–Trinajstić information content (AvgIpc) is 3.12. The Hall–Kier alpha value is -1.85. The Morgan fingerprint density at radius 3 is 3.00 bits per heavy atom. The summed E-state index contributed by atoms with van der Waals surface area (Å²) in [5, 5.41) is 6.97. The molecular formula is C14H20N4O2. The van der Waals surface area contributed by atoms with Crippen molar-refractivity contribution in [1.29, 1.82) is 0 Å². The van der Waals surface area contributed by atoms with E-state index in [0.29, 0.717) is 12.3 Å². The smallest absolute Gasteiger partial charge is 0.242 e. The highest BCUT2D eigenvalue weighted by molar-refractivity contribution is 5.86. The lowest BCUT2D eigenvalue weighted by Crippen LogP contribution is -2.45. The number of nitrogens with zero attached hydrogens (tertiary/aromatic N) is 3. The summed E-state index contributed by atoms with van der Waals surface area (Å²) in [5.74, 6) is 0.523. The van der Waals surface area contributed by atoms with Gasteiger partial charge in [-0.2, -0.15) is 5.10 Å². The van der Waals surface area contributed by atoms with Gasteiger partial charge in [0, 0.05) is 43.9 Å². The molecule has 6 nitrogen and oxygen atoms in total. The minimum atomic E-state index is 0.0736. The summed E-state index contributed by atoms with van der Waals surface area (Å²) in [6.45, 7) is 2.49. The van der Waals surface area contributed by atoms with Crippen LogP contribution in [0.5, 0.6) is 0 Å². The van der Waals surface area contributed by atoms with Gasteiger partial charge in [-0.15, -0.1) is 0 Å². The van der Waals surface area contributed by atoms with Crippen molar-refractivity contribution in [2.24, 2.45) is 0 Å². The van der Waals surface area contributed by atoms with Gasteiger partial charge in [0.1, 0.15) is 0 Å². The summed E-state index contributed by atoms with van der Waals surface area (Å²) >= 11 is 0. The number of aromatic amines is 1. The second-order valence-corrected chi connectivity index (χ2v) is 5.61. The SMILES string of the molecule is O=C1CCCN1CC(=O)N1CCC[C@@H](c2ccn[nH]2)C1. The molecular weight excluding hydrogens is 256 g/mol. The molecule has 0 aromatic carbocycles. The first-order valence-electron chi connectivity index (χ1n) is 7.29. The molecule has 1 aromatic heterocycles. The Morgan fingerprint density at radius 1 is 1.40 bits per heavy atom. The van der Waals surface area contributed by atoms with Gasteiger partial charge in [-0.3, -0.25) is 14.7 Å². The number of rotatable bonds is 3. The summed E-state index contributed by atoms with van der Waals surface area (Å²) < 4.78 is 0. The molecule has 6 heteroatoms. The quantitative estimate of drug-likeness (QED) is 0.885. The monoisotopic (exact) mass is 276 g/mol. The molecule has 2 fully saturated rings. The van der Waals surface area contributed by atoms with Gasteiger partial charge >= 0.3 is 0 Å². The Balaban J connectivity index is 1.59. The Kier molecular flexibility index (Phi) is 3.71. The molecule has 2 saturated heterocycles. The van der Waals surface area contributed by atoms with Gasteiger partial charge in [-0.1, -0.05) is 0 Å². The number of amides is 2. The Morgan fingerprint density at radius 2 is 2.30 bits per heavy atom. The number of H-pyrrole nitrogens is 1. The topological polar surface area (TPSA) is 69.3 Å². The van der Waals surface area contributed by atoms with Crippen molar-refractivity contribution in [1.82, 2.24) is 20.0 Å². The van der Waals surface area contributed by atoms with Crippen LogP contribution in [0.3, 0.4) is 0 Å². The fourth-order valence-electron chi connectivity index (χ4n) is 3.09. The van der Waals surface area contributed by atoms with E-state index in [9.17, 15) is 9.59 Å². The zero-order valence-corrected chi connectivity index (χ0v) is 11.5. The van der Waals surface area contributed by atoms with Crippen molar-refractivity contribution < 1.29 is 9.59 Å². The molecule has 0 spiro atoms.